The topological polar surface area (TPSA) is 121 Å². The van der Waals surface area contributed by atoms with Crippen LogP contribution in [0.4, 0.5) is 5.82 Å². The van der Waals surface area contributed by atoms with Crippen LogP contribution in [0.2, 0.25) is 0 Å². The molecule has 1 heterocycles. The van der Waals surface area contributed by atoms with Crippen LogP contribution in [0, 0.1) is 0 Å². The number of pyridine rings is 1. The Morgan fingerprint density at radius 2 is 1.56 bits per heavy atom. The zero-order valence-corrected chi connectivity index (χ0v) is 24.3. The maximum absolute atomic E-state index is 12.0. The van der Waals surface area contributed by atoms with Gasteiger partial charge in [0.25, 0.3) is 0 Å². The highest BCUT2D eigenvalue weighted by Crippen LogP contribution is 2.36. The van der Waals surface area contributed by atoms with Crippen molar-refractivity contribution in [3.05, 3.63) is 71.9 Å². The number of phenols is 1. The summed E-state index contributed by atoms with van der Waals surface area (Å²) in [5.74, 6) is -0.00745. The summed E-state index contributed by atoms with van der Waals surface area (Å²) in [7, 11) is 1.50. The van der Waals surface area contributed by atoms with E-state index in [1.54, 1.807) is 24.4 Å². The summed E-state index contributed by atoms with van der Waals surface area (Å²) in [6.07, 6.45) is 8.17. The van der Waals surface area contributed by atoms with E-state index < -0.39 is 6.10 Å². The number of nitrogens with two attached hydrogens (primary N) is 1. The molecule has 8 nitrogen and oxygen atoms in total. The van der Waals surface area contributed by atoms with Crippen molar-refractivity contribution in [1.29, 1.82) is 0 Å². The first-order valence-electron chi connectivity index (χ1n) is 14.2. The number of hydrogen-bond donors (Lipinski definition) is 2. The normalized spacial score (nSPS) is 12.4. The molecule has 2 atom stereocenters. The van der Waals surface area contributed by atoms with Crippen LogP contribution in [-0.4, -0.2) is 41.3 Å². The first kappa shape index (κ1) is 31.5. The number of aromatic hydroxyl groups is 1. The van der Waals surface area contributed by atoms with E-state index in [9.17, 15) is 14.7 Å². The summed E-state index contributed by atoms with van der Waals surface area (Å²) in [6.45, 7) is 2.79. The number of carbonyl (C=O) groups is 2. The predicted octanol–water partition coefficient (Wildman–Crippen LogP) is 6.42. The Morgan fingerprint density at radius 1 is 0.878 bits per heavy atom. The Labute approximate surface area is 242 Å². The maximum atomic E-state index is 12.0. The first-order chi connectivity index (χ1) is 19.7. The van der Waals surface area contributed by atoms with Crippen molar-refractivity contribution in [3.8, 4) is 22.6 Å². The molecule has 2 aromatic carbocycles. The quantitative estimate of drug-likeness (QED) is 0.151. The van der Waals surface area contributed by atoms with Crippen LogP contribution in [0.15, 0.2) is 60.8 Å². The average Bonchev–Trinajstić information content (AvgIpc) is 2.93. The third kappa shape index (κ3) is 10.8. The van der Waals surface area contributed by atoms with Gasteiger partial charge in [0, 0.05) is 26.5 Å². The Kier molecular flexibility index (Phi) is 12.5. The summed E-state index contributed by atoms with van der Waals surface area (Å²) < 4.78 is 16.7. The Hall–Kier alpha value is -4.07. The van der Waals surface area contributed by atoms with Crippen LogP contribution < -0.4 is 10.5 Å². The van der Waals surface area contributed by atoms with Gasteiger partial charge in [-0.1, -0.05) is 43.2 Å². The first-order valence-corrected chi connectivity index (χ1v) is 14.2. The molecule has 0 saturated carbocycles. The zero-order chi connectivity index (χ0) is 29.6. The average molecular weight is 563 g/mol. The van der Waals surface area contributed by atoms with Gasteiger partial charge in [0.1, 0.15) is 18.0 Å². The van der Waals surface area contributed by atoms with Crippen molar-refractivity contribution in [3.63, 3.8) is 0 Å². The van der Waals surface area contributed by atoms with Gasteiger partial charge in [-0.15, -0.1) is 0 Å². The lowest BCUT2D eigenvalue weighted by Crippen LogP contribution is -2.27. The smallest absolute Gasteiger partial charge is 0.302 e. The van der Waals surface area contributed by atoms with Gasteiger partial charge in [-0.05, 0) is 85.0 Å². The lowest BCUT2D eigenvalue weighted by atomic mass is 9.93. The molecule has 3 rings (SSSR count). The van der Waals surface area contributed by atoms with E-state index in [1.165, 1.54) is 26.5 Å². The second kappa shape index (κ2) is 16.3. The van der Waals surface area contributed by atoms with Crippen molar-refractivity contribution in [2.75, 3.05) is 12.8 Å². The fraction of sp³-hybridized carbons (Fsp3) is 0.424. The van der Waals surface area contributed by atoms with Crippen LogP contribution in [0.1, 0.15) is 69.9 Å². The molecule has 8 heteroatoms. The molecule has 0 fully saturated rings. The maximum Gasteiger partial charge on any atom is 0.302 e. The third-order valence-electron chi connectivity index (χ3n) is 7.01. The Bertz CT molecular complexity index is 1260. The molecular weight excluding hydrogens is 520 g/mol. The molecule has 0 amide bonds. The number of nitrogen functional groups attached to an aromatic ring is 1. The number of methoxy groups -OCH3 is 1. The number of carbonyl (C=O) groups excluding carboxylic acids is 2. The van der Waals surface area contributed by atoms with Crippen molar-refractivity contribution in [1.82, 2.24) is 4.98 Å². The molecular formula is C33H42N2O6. The summed E-state index contributed by atoms with van der Waals surface area (Å²) in [5, 5.41) is 10.5. The number of benzene rings is 2. The van der Waals surface area contributed by atoms with E-state index in [1.807, 2.05) is 12.1 Å². The summed E-state index contributed by atoms with van der Waals surface area (Å²) in [5.41, 5.74) is 9.73. The number of ether oxygens (including phenoxy) is 3. The van der Waals surface area contributed by atoms with Crippen molar-refractivity contribution >= 4 is 17.8 Å². The van der Waals surface area contributed by atoms with Crippen LogP contribution >= 0.6 is 0 Å². The highest BCUT2D eigenvalue weighted by atomic mass is 16.6. The van der Waals surface area contributed by atoms with Crippen molar-refractivity contribution in [2.24, 2.45) is 0 Å². The zero-order valence-electron chi connectivity index (χ0n) is 24.3. The number of anilines is 1. The predicted molar refractivity (Wildman–Crippen MR) is 160 cm³/mol. The standard InChI is InChI=1S/C33H42N2O6/c1-23(36)40-28(14-10-5-4-7-11-25-12-8-6-9-13-25)21-29(41-24(2)37)16-15-26-19-32(39-3)31(38)22-30(26)27-17-18-35-33(34)20-27/h6,8-9,12-13,17-20,22,28-29,38H,4-5,7,10-11,14-16,21H2,1-3H3,(H2,34,35). The number of hydrogen-bond acceptors (Lipinski definition) is 8. The van der Waals surface area contributed by atoms with E-state index in [0.29, 0.717) is 37.3 Å². The monoisotopic (exact) mass is 562 g/mol. The minimum absolute atomic E-state index is 0.0110. The fourth-order valence-corrected chi connectivity index (χ4v) is 5.09. The summed E-state index contributed by atoms with van der Waals surface area (Å²) >= 11 is 0. The van der Waals surface area contributed by atoms with E-state index in [-0.39, 0.29) is 23.8 Å². The summed E-state index contributed by atoms with van der Waals surface area (Å²) in [6, 6.07) is 17.4. The number of rotatable bonds is 16. The molecule has 41 heavy (non-hydrogen) atoms. The number of aromatic nitrogens is 1. The van der Waals surface area contributed by atoms with Gasteiger partial charge in [0.05, 0.1) is 7.11 Å². The molecule has 0 bridgehead atoms. The lowest BCUT2D eigenvalue weighted by Gasteiger charge is -2.24. The number of aryl methyl sites for hydroxylation is 2. The highest BCUT2D eigenvalue weighted by molar-refractivity contribution is 5.72. The molecule has 3 aromatic rings. The van der Waals surface area contributed by atoms with Crippen LogP contribution in [-0.2, 0) is 31.9 Å². The van der Waals surface area contributed by atoms with E-state index in [2.05, 4.69) is 29.2 Å². The van der Waals surface area contributed by atoms with Crippen molar-refractivity contribution in [2.45, 2.75) is 83.8 Å². The number of phenolic OH excluding ortho intramolecular Hbond substituents is 1. The Balaban J connectivity index is 1.65. The molecule has 0 spiro atoms. The molecule has 220 valence electrons. The van der Waals surface area contributed by atoms with Crippen LogP contribution in [0.3, 0.4) is 0 Å². The molecule has 0 saturated heterocycles. The SMILES string of the molecule is COc1cc(CCC(CC(CCCCCCc2ccccc2)OC(C)=O)OC(C)=O)c(-c2ccnc(N)c2)cc1O. The minimum atomic E-state index is -0.454. The van der Waals surface area contributed by atoms with Gasteiger partial charge < -0.3 is 25.1 Å². The van der Waals surface area contributed by atoms with E-state index in [4.69, 9.17) is 19.9 Å². The molecule has 0 aliphatic rings. The molecule has 0 aliphatic heterocycles. The fourth-order valence-electron chi connectivity index (χ4n) is 5.09. The van der Waals surface area contributed by atoms with Crippen LogP contribution in [0.5, 0.6) is 11.5 Å². The number of unbranched alkanes of at least 4 members (excludes halogenated alkanes) is 3. The van der Waals surface area contributed by atoms with Gasteiger partial charge in [-0.25, -0.2) is 4.98 Å². The largest absolute Gasteiger partial charge is 0.504 e. The second-order valence-corrected chi connectivity index (χ2v) is 10.3. The van der Waals surface area contributed by atoms with E-state index >= 15 is 0 Å². The highest BCUT2D eigenvalue weighted by Gasteiger charge is 2.22. The number of esters is 2. The van der Waals surface area contributed by atoms with Gasteiger partial charge in [-0.2, -0.15) is 0 Å². The Morgan fingerprint density at radius 3 is 2.22 bits per heavy atom. The molecule has 3 N–H and O–H groups in total. The summed E-state index contributed by atoms with van der Waals surface area (Å²) in [4.78, 5) is 27.9. The van der Waals surface area contributed by atoms with Gasteiger partial charge in [-0.3, -0.25) is 9.59 Å². The van der Waals surface area contributed by atoms with Gasteiger partial charge in [0.2, 0.25) is 0 Å². The van der Waals surface area contributed by atoms with Crippen LogP contribution in [0.25, 0.3) is 11.1 Å². The molecule has 2 unspecified atom stereocenters. The van der Waals surface area contributed by atoms with Crippen molar-refractivity contribution < 1.29 is 28.9 Å². The molecule has 0 radical (unpaired) electrons. The van der Waals surface area contributed by atoms with Gasteiger partial charge in [0.15, 0.2) is 11.5 Å². The third-order valence-corrected chi connectivity index (χ3v) is 7.01. The second-order valence-electron chi connectivity index (χ2n) is 10.3. The minimum Gasteiger partial charge on any atom is -0.504 e. The molecule has 1 aromatic heterocycles. The molecule has 0 aliphatic carbocycles. The van der Waals surface area contributed by atoms with Gasteiger partial charge >= 0.3 is 11.9 Å². The number of nitrogens with zero attached hydrogens (tertiary/aromatic N) is 1. The van der Waals surface area contributed by atoms with E-state index in [0.717, 1.165) is 48.8 Å². The lowest BCUT2D eigenvalue weighted by molar-refractivity contribution is -0.153.